The highest BCUT2D eigenvalue weighted by Gasteiger charge is 2.33. The Balaban J connectivity index is 1.89. The van der Waals surface area contributed by atoms with Gasteiger partial charge < -0.3 is 14.7 Å². The van der Waals surface area contributed by atoms with Crippen molar-refractivity contribution in [3.8, 4) is 11.4 Å². The number of hydrogen-bond acceptors (Lipinski definition) is 4. The van der Waals surface area contributed by atoms with Crippen LogP contribution in [0.5, 0.6) is 5.75 Å². The molecule has 2 atom stereocenters. The van der Waals surface area contributed by atoms with E-state index in [9.17, 15) is 9.90 Å². The summed E-state index contributed by atoms with van der Waals surface area (Å²) in [6.45, 7) is 4.81. The maximum atomic E-state index is 13.1. The molecule has 6 nitrogen and oxygen atoms in total. The molecule has 25 heavy (non-hydrogen) atoms. The van der Waals surface area contributed by atoms with E-state index in [0.717, 1.165) is 18.5 Å². The minimum Gasteiger partial charge on any atom is -0.490 e. The molecule has 1 N–H and O–H groups in total. The van der Waals surface area contributed by atoms with Crippen LogP contribution in [0.3, 0.4) is 0 Å². The van der Waals surface area contributed by atoms with Crippen molar-refractivity contribution >= 4 is 5.91 Å². The summed E-state index contributed by atoms with van der Waals surface area (Å²) in [5, 5.41) is 14.2. The number of carbonyl (C=O) groups excluding carboxylic acids is 1. The predicted octanol–water partition coefficient (Wildman–Crippen LogP) is 2.65. The summed E-state index contributed by atoms with van der Waals surface area (Å²) < 4.78 is 7.33. The standard InChI is InChI=1S/C19H25N3O3/c1-3-25-17-13-22(15-8-5-4-6-9-15)20-18(17)19(24)21-11-7-10-16(21)12-14(2)23/h4-6,8-9,13-14,16,23H,3,7,10-12H2,1-2H3. The minimum atomic E-state index is -0.424. The smallest absolute Gasteiger partial charge is 0.278 e. The Labute approximate surface area is 148 Å². The predicted molar refractivity (Wildman–Crippen MR) is 95.1 cm³/mol. The van der Waals surface area contributed by atoms with Crippen molar-refractivity contribution in [3.63, 3.8) is 0 Å². The number of aliphatic hydroxyl groups excluding tert-OH is 1. The second-order valence-electron chi connectivity index (χ2n) is 6.43. The van der Waals surface area contributed by atoms with Crippen molar-refractivity contribution in [3.05, 3.63) is 42.2 Å². The number of likely N-dealkylation sites (tertiary alicyclic amines) is 1. The first-order valence-corrected chi connectivity index (χ1v) is 8.87. The Morgan fingerprint density at radius 1 is 1.40 bits per heavy atom. The van der Waals surface area contributed by atoms with Crippen molar-refractivity contribution in [1.82, 2.24) is 14.7 Å². The third-order valence-corrected chi connectivity index (χ3v) is 4.46. The van der Waals surface area contributed by atoms with Crippen LogP contribution >= 0.6 is 0 Å². The number of benzene rings is 1. The van der Waals surface area contributed by atoms with Crippen LogP contribution in [0.2, 0.25) is 0 Å². The molecule has 0 saturated carbocycles. The van der Waals surface area contributed by atoms with E-state index >= 15 is 0 Å². The summed E-state index contributed by atoms with van der Waals surface area (Å²) >= 11 is 0. The van der Waals surface area contributed by atoms with E-state index < -0.39 is 6.10 Å². The zero-order valence-corrected chi connectivity index (χ0v) is 14.8. The quantitative estimate of drug-likeness (QED) is 0.875. The highest BCUT2D eigenvalue weighted by Crippen LogP contribution is 2.27. The van der Waals surface area contributed by atoms with E-state index in [-0.39, 0.29) is 11.9 Å². The van der Waals surface area contributed by atoms with Crippen molar-refractivity contribution < 1.29 is 14.6 Å². The molecule has 2 unspecified atom stereocenters. The fourth-order valence-electron chi connectivity index (χ4n) is 3.36. The molecular weight excluding hydrogens is 318 g/mol. The molecule has 1 fully saturated rings. The molecule has 2 aromatic rings. The highest BCUT2D eigenvalue weighted by molar-refractivity contribution is 5.95. The van der Waals surface area contributed by atoms with Gasteiger partial charge in [-0.1, -0.05) is 18.2 Å². The topological polar surface area (TPSA) is 67.6 Å². The zero-order chi connectivity index (χ0) is 17.8. The van der Waals surface area contributed by atoms with Gasteiger partial charge in [-0.05, 0) is 45.2 Å². The van der Waals surface area contributed by atoms with E-state index in [1.807, 2.05) is 42.2 Å². The third-order valence-electron chi connectivity index (χ3n) is 4.46. The van der Waals surface area contributed by atoms with Crippen LogP contribution in [0.4, 0.5) is 0 Å². The van der Waals surface area contributed by atoms with Crippen molar-refractivity contribution in [1.29, 1.82) is 0 Å². The normalized spacial score (nSPS) is 18.4. The number of rotatable bonds is 6. The van der Waals surface area contributed by atoms with Gasteiger partial charge in [0.05, 0.1) is 24.6 Å². The largest absolute Gasteiger partial charge is 0.490 e. The lowest BCUT2D eigenvalue weighted by Gasteiger charge is -2.25. The molecule has 6 heteroatoms. The Hall–Kier alpha value is -2.34. The number of amides is 1. The van der Waals surface area contributed by atoms with Crippen LogP contribution in [0.1, 0.15) is 43.6 Å². The van der Waals surface area contributed by atoms with E-state index in [0.29, 0.717) is 31.0 Å². The third kappa shape index (κ3) is 3.85. The molecule has 0 spiro atoms. The Bertz CT molecular complexity index is 712. The van der Waals surface area contributed by atoms with Gasteiger partial charge in [0.1, 0.15) is 0 Å². The Morgan fingerprint density at radius 2 is 2.16 bits per heavy atom. The summed E-state index contributed by atoms with van der Waals surface area (Å²) in [4.78, 5) is 14.9. The van der Waals surface area contributed by atoms with Crippen LogP contribution < -0.4 is 4.74 Å². The van der Waals surface area contributed by atoms with Gasteiger partial charge in [-0.3, -0.25) is 4.79 Å². The molecule has 1 amide bonds. The number of nitrogens with zero attached hydrogens (tertiary/aromatic N) is 3. The fraction of sp³-hybridized carbons (Fsp3) is 0.474. The lowest BCUT2D eigenvalue weighted by Crippen LogP contribution is -2.37. The molecule has 2 heterocycles. The zero-order valence-electron chi connectivity index (χ0n) is 14.8. The van der Waals surface area contributed by atoms with Gasteiger partial charge in [0.2, 0.25) is 0 Å². The lowest BCUT2D eigenvalue weighted by atomic mass is 10.1. The maximum Gasteiger partial charge on any atom is 0.278 e. The molecule has 0 aliphatic carbocycles. The number of hydrogen-bond donors (Lipinski definition) is 1. The van der Waals surface area contributed by atoms with Crippen LogP contribution in [-0.4, -0.2) is 51.0 Å². The van der Waals surface area contributed by atoms with Gasteiger partial charge in [-0.2, -0.15) is 5.10 Å². The molecule has 0 bridgehead atoms. The van der Waals surface area contributed by atoms with Crippen LogP contribution in [-0.2, 0) is 0 Å². The van der Waals surface area contributed by atoms with E-state index in [1.54, 1.807) is 17.8 Å². The molecule has 1 aromatic heterocycles. The van der Waals surface area contributed by atoms with E-state index in [4.69, 9.17) is 4.74 Å². The molecule has 1 aromatic carbocycles. The van der Waals surface area contributed by atoms with E-state index in [2.05, 4.69) is 5.10 Å². The fourth-order valence-corrected chi connectivity index (χ4v) is 3.36. The summed E-state index contributed by atoms with van der Waals surface area (Å²) in [6.07, 6.45) is 3.79. The Morgan fingerprint density at radius 3 is 2.84 bits per heavy atom. The van der Waals surface area contributed by atoms with Gasteiger partial charge in [0.25, 0.3) is 5.91 Å². The molecule has 3 rings (SSSR count). The monoisotopic (exact) mass is 343 g/mol. The van der Waals surface area contributed by atoms with Gasteiger partial charge in [-0.15, -0.1) is 0 Å². The lowest BCUT2D eigenvalue weighted by molar-refractivity contribution is 0.0672. The average molecular weight is 343 g/mol. The van der Waals surface area contributed by atoms with Gasteiger partial charge in [0, 0.05) is 12.6 Å². The minimum absolute atomic E-state index is 0.0591. The van der Waals surface area contributed by atoms with Crippen molar-refractivity contribution in [2.75, 3.05) is 13.2 Å². The number of ether oxygens (including phenoxy) is 1. The second-order valence-corrected chi connectivity index (χ2v) is 6.43. The van der Waals surface area contributed by atoms with Crippen molar-refractivity contribution in [2.24, 2.45) is 0 Å². The molecule has 1 aliphatic heterocycles. The summed E-state index contributed by atoms with van der Waals surface area (Å²) in [6, 6.07) is 9.72. The molecule has 0 radical (unpaired) electrons. The van der Waals surface area contributed by atoms with Gasteiger partial charge >= 0.3 is 0 Å². The van der Waals surface area contributed by atoms with Crippen LogP contribution in [0.15, 0.2) is 36.5 Å². The number of aromatic nitrogens is 2. The summed E-state index contributed by atoms with van der Waals surface area (Å²) in [7, 11) is 0. The SMILES string of the molecule is CCOc1cn(-c2ccccc2)nc1C(=O)N1CCCC1CC(C)O. The van der Waals surface area contributed by atoms with Gasteiger partial charge in [-0.25, -0.2) is 4.68 Å². The molecule has 1 saturated heterocycles. The first kappa shape index (κ1) is 17.5. The average Bonchev–Trinajstić information content (AvgIpc) is 3.22. The second kappa shape index (κ2) is 7.70. The number of carbonyl (C=O) groups is 1. The van der Waals surface area contributed by atoms with Crippen LogP contribution in [0, 0.1) is 0 Å². The Kier molecular flexibility index (Phi) is 5.38. The van der Waals surface area contributed by atoms with E-state index in [1.165, 1.54) is 0 Å². The maximum absolute atomic E-state index is 13.1. The molecule has 1 aliphatic rings. The van der Waals surface area contributed by atoms with Crippen LogP contribution in [0.25, 0.3) is 5.69 Å². The molecule has 134 valence electrons. The number of aliphatic hydroxyl groups is 1. The highest BCUT2D eigenvalue weighted by atomic mass is 16.5. The first-order chi connectivity index (χ1) is 12.1. The summed E-state index contributed by atoms with van der Waals surface area (Å²) in [5.74, 6) is 0.375. The van der Waals surface area contributed by atoms with Gasteiger partial charge in [0.15, 0.2) is 11.4 Å². The van der Waals surface area contributed by atoms with Crippen molar-refractivity contribution in [2.45, 2.75) is 45.3 Å². The first-order valence-electron chi connectivity index (χ1n) is 8.87. The number of para-hydroxylation sites is 1. The molecular formula is C19H25N3O3. The summed E-state index contributed by atoms with van der Waals surface area (Å²) in [5.41, 5.74) is 1.22.